The fourth-order valence-electron chi connectivity index (χ4n) is 4.08. The molecule has 0 unspecified atom stereocenters. The van der Waals surface area contributed by atoms with Gasteiger partial charge in [0.05, 0.1) is 5.56 Å². The minimum Gasteiger partial charge on any atom is -0.483 e. The number of rotatable bonds is 7. The second-order valence-electron chi connectivity index (χ2n) is 7.95. The van der Waals surface area contributed by atoms with E-state index < -0.39 is 0 Å². The first-order chi connectivity index (χ1) is 15.2. The highest BCUT2D eigenvalue weighted by Crippen LogP contribution is 2.20. The molecule has 2 heterocycles. The molecule has 2 aromatic carbocycles. The average Bonchev–Trinajstić information content (AvgIpc) is 3.02. The maximum Gasteiger partial charge on any atom is 0.260 e. The monoisotopic (exact) mass is 419 g/mol. The molecule has 1 fully saturated rings. The number of nitrogens with zero attached hydrogens (tertiary/aromatic N) is 1. The maximum atomic E-state index is 12.8. The third-order valence-electron chi connectivity index (χ3n) is 5.80. The summed E-state index contributed by atoms with van der Waals surface area (Å²) in [4.78, 5) is 30.4. The van der Waals surface area contributed by atoms with Crippen LogP contribution >= 0.6 is 0 Å². The topological polar surface area (TPSA) is 74.4 Å². The molecule has 1 aliphatic heterocycles. The van der Waals surface area contributed by atoms with Crippen LogP contribution in [-0.4, -0.2) is 47.9 Å². The number of carbonyl (C=O) groups is 2. The van der Waals surface area contributed by atoms with Crippen molar-refractivity contribution >= 4 is 22.7 Å². The van der Waals surface area contributed by atoms with E-state index >= 15 is 0 Å². The van der Waals surface area contributed by atoms with E-state index in [1.807, 2.05) is 35.4 Å². The summed E-state index contributed by atoms with van der Waals surface area (Å²) in [6.07, 6.45) is 7.15. The van der Waals surface area contributed by atoms with Crippen molar-refractivity contribution in [2.45, 2.75) is 32.1 Å². The van der Waals surface area contributed by atoms with Gasteiger partial charge in [0.25, 0.3) is 11.8 Å². The lowest BCUT2D eigenvalue weighted by Gasteiger charge is -2.20. The molecule has 0 radical (unpaired) electrons. The summed E-state index contributed by atoms with van der Waals surface area (Å²) < 4.78 is 5.77. The van der Waals surface area contributed by atoms with Gasteiger partial charge in [0.1, 0.15) is 5.75 Å². The van der Waals surface area contributed by atoms with Crippen molar-refractivity contribution in [3.63, 3.8) is 0 Å². The smallest absolute Gasteiger partial charge is 0.260 e. The van der Waals surface area contributed by atoms with Gasteiger partial charge in [-0.2, -0.15) is 0 Å². The Balaban J connectivity index is 1.32. The number of nitrogens with one attached hydrogen (secondary N) is 2. The lowest BCUT2D eigenvalue weighted by atomic mass is 10.1. The third kappa shape index (κ3) is 5.26. The Labute approximate surface area is 182 Å². The Bertz CT molecular complexity index is 1040. The predicted molar refractivity (Wildman–Crippen MR) is 121 cm³/mol. The van der Waals surface area contributed by atoms with Gasteiger partial charge in [-0.3, -0.25) is 9.59 Å². The number of likely N-dealkylation sites (tertiary alicyclic amines) is 1. The van der Waals surface area contributed by atoms with Crippen LogP contribution in [0.3, 0.4) is 0 Å². The van der Waals surface area contributed by atoms with Gasteiger partial charge in [-0.1, -0.05) is 43.2 Å². The minimum absolute atomic E-state index is 0.0172. The van der Waals surface area contributed by atoms with Crippen LogP contribution in [-0.2, 0) is 11.2 Å². The third-order valence-corrected chi connectivity index (χ3v) is 5.80. The van der Waals surface area contributed by atoms with Crippen LogP contribution in [0.25, 0.3) is 10.9 Å². The summed E-state index contributed by atoms with van der Waals surface area (Å²) in [5.41, 5.74) is 2.71. The molecule has 0 aliphatic carbocycles. The molecule has 0 saturated carbocycles. The van der Waals surface area contributed by atoms with Crippen LogP contribution in [0.15, 0.2) is 54.7 Å². The van der Waals surface area contributed by atoms with Gasteiger partial charge < -0.3 is 19.9 Å². The van der Waals surface area contributed by atoms with Gasteiger partial charge >= 0.3 is 0 Å². The molecule has 3 aromatic rings. The lowest BCUT2D eigenvalue weighted by Crippen LogP contribution is -2.35. The molecule has 0 atom stereocenters. The predicted octanol–water partition coefficient (Wildman–Crippen LogP) is 3.92. The molecule has 4 rings (SSSR count). The summed E-state index contributed by atoms with van der Waals surface area (Å²) in [6.45, 7) is 2.05. The second kappa shape index (κ2) is 10.2. The van der Waals surface area contributed by atoms with Crippen molar-refractivity contribution in [3.05, 3.63) is 65.9 Å². The number of amides is 2. The second-order valence-corrected chi connectivity index (χ2v) is 7.95. The van der Waals surface area contributed by atoms with Crippen LogP contribution in [0.4, 0.5) is 0 Å². The fraction of sp³-hybridized carbons (Fsp3) is 0.360. The highest BCUT2D eigenvalue weighted by Gasteiger charge is 2.18. The van der Waals surface area contributed by atoms with Crippen molar-refractivity contribution in [2.75, 3.05) is 26.2 Å². The fourth-order valence-corrected chi connectivity index (χ4v) is 4.08. The normalized spacial score (nSPS) is 14.3. The highest BCUT2D eigenvalue weighted by molar-refractivity contribution is 5.97. The van der Waals surface area contributed by atoms with Gasteiger partial charge in [-0.25, -0.2) is 0 Å². The van der Waals surface area contributed by atoms with Crippen molar-refractivity contribution < 1.29 is 14.3 Å². The Morgan fingerprint density at radius 1 is 0.968 bits per heavy atom. The van der Waals surface area contributed by atoms with Crippen molar-refractivity contribution in [2.24, 2.45) is 0 Å². The molecular formula is C25H29N3O3. The summed E-state index contributed by atoms with van der Waals surface area (Å²) in [7, 11) is 0. The Morgan fingerprint density at radius 3 is 2.55 bits per heavy atom. The molecule has 1 aromatic heterocycles. The summed E-state index contributed by atoms with van der Waals surface area (Å²) >= 11 is 0. The molecule has 6 nitrogen and oxygen atoms in total. The zero-order valence-electron chi connectivity index (χ0n) is 17.7. The number of H-pyrrole nitrogens is 1. The van der Waals surface area contributed by atoms with E-state index in [4.69, 9.17) is 4.74 Å². The van der Waals surface area contributed by atoms with Crippen LogP contribution in [0, 0.1) is 0 Å². The number of aromatic amines is 1. The maximum absolute atomic E-state index is 12.8. The van der Waals surface area contributed by atoms with E-state index in [0.29, 0.717) is 17.9 Å². The first kappa shape index (κ1) is 21.0. The van der Waals surface area contributed by atoms with E-state index in [0.717, 1.165) is 37.9 Å². The van der Waals surface area contributed by atoms with Crippen LogP contribution < -0.4 is 10.1 Å². The Morgan fingerprint density at radius 2 is 1.71 bits per heavy atom. The zero-order valence-corrected chi connectivity index (χ0v) is 17.7. The minimum atomic E-state index is -0.197. The summed E-state index contributed by atoms with van der Waals surface area (Å²) in [5, 5.41) is 4.15. The number of carbonyl (C=O) groups excluding carboxylic acids is 2. The summed E-state index contributed by atoms with van der Waals surface area (Å²) in [6, 6.07) is 15.2. The number of hydrogen-bond acceptors (Lipinski definition) is 3. The zero-order chi connectivity index (χ0) is 21.5. The number of benzene rings is 2. The first-order valence-electron chi connectivity index (χ1n) is 11.0. The largest absolute Gasteiger partial charge is 0.483 e. The Hall–Kier alpha value is -3.28. The summed E-state index contributed by atoms with van der Waals surface area (Å²) in [5.74, 6) is 0.226. The quantitative estimate of drug-likeness (QED) is 0.610. The molecule has 0 bridgehead atoms. The standard InChI is InChI=1S/C25H29N3O3/c29-24(28-15-7-1-2-8-16-28)18-31-23-12-6-4-10-21(23)25(30)26-14-13-19-17-27-22-11-5-3-9-20(19)22/h3-6,9-12,17,27H,1-2,7-8,13-16,18H2,(H,26,30). The molecule has 1 saturated heterocycles. The molecule has 162 valence electrons. The van der Waals surface area contributed by atoms with Crippen LogP contribution in [0.1, 0.15) is 41.6 Å². The SMILES string of the molecule is O=C(NCCc1c[nH]c2ccccc12)c1ccccc1OCC(=O)N1CCCCCC1. The molecule has 6 heteroatoms. The molecule has 1 aliphatic rings. The van der Waals surface area contributed by atoms with Gasteiger partial charge in [0.15, 0.2) is 6.61 Å². The van der Waals surface area contributed by atoms with Crippen molar-refractivity contribution in [3.8, 4) is 5.75 Å². The van der Waals surface area contributed by atoms with E-state index in [1.54, 1.807) is 18.2 Å². The molecule has 2 N–H and O–H groups in total. The van der Waals surface area contributed by atoms with E-state index in [9.17, 15) is 9.59 Å². The first-order valence-corrected chi connectivity index (χ1v) is 11.0. The van der Waals surface area contributed by atoms with E-state index in [2.05, 4.69) is 16.4 Å². The molecular weight excluding hydrogens is 390 g/mol. The average molecular weight is 420 g/mol. The lowest BCUT2D eigenvalue weighted by molar-refractivity contribution is -0.133. The Kier molecular flexibility index (Phi) is 6.87. The molecule has 31 heavy (non-hydrogen) atoms. The van der Waals surface area contributed by atoms with E-state index in [-0.39, 0.29) is 18.4 Å². The number of para-hydroxylation sites is 2. The van der Waals surface area contributed by atoms with Gasteiger partial charge in [0, 0.05) is 36.7 Å². The van der Waals surface area contributed by atoms with Crippen LogP contribution in [0.5, 0.6) is 5.75 Å². The number of aromatic nitrogens is 1. The van der Waals surface area contributed by atoms with Gasteiger partial charge in [-0.15, -0.1) is 0 Å². The van der Waals surface area contributed by atoms with Gasteiger partial charge in [-0.05, 0) is 43.0 Å². The van der Waals surface area contributed by atoms with E-state index in [1.165, 1.54) is 23.8 Å². The van der Waals surface area contributed by atoms with Crippen LogP contribution in [0.2, 0.25) is 0 Å². The van der Waals surface area contributed by atoms with Gasteiger partial charge in [0.2, 0.25) is 0 Å². The molecule has 2 amide bonds. The number of fused-ring (bicyclic) bond motifs is 1. The molecule has 0 spiro atoms. The highest BCUT2D eigenvalue weighted by atomic mass is 16.5. The van der Waals surface area contributed by atoms with Crippen molar-refractivity contribution in [1.29, 1.82) is 0 Å². The van der Waals surface area contributed by atoms with Crippen molar-refractivity contribution in [1.82, 2.24) is 15.2 Å². The number of ether oxygens (including phenoxy) is 1. The number of hydrogen-bond donors (Lipinski definition) is 2.